The van der Waals surface area contributed by atoms with Crippen molar-refractivity contribution in [2.24, 2.45) is 11.3 Å². The zero-order valence-corrected chi connectivity index (χ0v) is 12.6. The number of rotatable bonds is 6. The highest BCUT2D eigenvalue weighted by atomic mass is 16.5. The quantitative estimate of drug-likeness (QED) is 0.777. The first-order valence-corrected chi connectivity index (χ1v) is 7.55. The van der Waals surface area contributed by atoms with Gasteiger partial charge in [0.05, 0.1) is 44.1 Å². The maximum atomic E-state index is 9.54. The van der Waals surface area contributed by atoms with Crippen LogP contribution < -0.4 is 0 Å². The Hall–Kier alpha value is -0.160. The van der Waals surface area contributed by atoms with Gasteiger partial charge < -0.3 is 19.7 Å². The number of aliphatic hydroxyl groups is 2. The van der Waals surface area contributed by atoms with Crippen LogP contribution in [0, 0.1) is 11.3 Å². The zero-order chi connectivity index (χ0) is 14.3. The minimum Gasteiger partial charge on any atom is -0.396 e. The van der Waals surface area contributed by atoms with Gasteiger partial charge in [-0.05, 0) is 12.3 Å². The van der Waals surface area contributed by atoms with E-state index in [4.69, 9.17) is 9.47 Å². The van der Waals surface area contributed by atoms with Crippen LogP contribution in [-0.4, -0.2) is 48.8 Å². The molecule has 4 nitrogen and oxygen atoms in total. The number of ether oxygens (including phenoxy) is 2. The van der Waals surface area contributed by atoms with E-state index < -0.39 is 5.41 Å². The Morgan fingerprint density at radius 1 is 1.16 bits per heavy atom. The van der Waals surface area contributed by atoms with E-state index in [0.29, 0.717) is 19.1 Å². The van der Waals surface area contributed by atoms with Gasteiger partial charge in [0.15, 0.2) is 0 Å². The Bertz CT molecular complexity index is 240. The van der Waals surface area contributed by atoms with Crippen molar-refractivity contribution >= 4 is 0 Å². The Morgan fingerprint density at radius 3 is 2.32 bits per heavy atom. The predicted octanol–water partition coefficient (Wildman–Crippen LogP) is 1.98. The van der Waals surface area contributed by atoms with Crippen molar-refractivity contribution < 1.29 is 19.7 Å². The fourth-order valence-corrected chi connectivity index (χ4v) is 2.43. The van der Waals surface area contributed by atoms with Crippen LogP contribution in [0.3, 0.4) is 0 Å². The molecule has 1 aliphatic heterocycles. The minimum atomic E-state index is -0.655. The average Bonchev–Trinajstić information content (AvgIpc) is 2.42. The lowest BCUT2D eigenvalue weighted by molar-refractivity contribution is -0.154. The van der Waals surface area contributed by atoms with Crippen molar-refractivity contribution in [1.82, 2.24) is 0 Å². The van der Waals surface area contributed by atoms with E-state index in [9.17, 15) is 10.2 Å². The van der Waals surface area contributed by atoms with Gasteiger partial charge in [0, 0.05) is 6.42 Å². The summed E-state index contributed by atoms with van der Waals surface area (Å²) in [5.41, 5.74) is -0.655. The van der Waals surface area contributed by atoms with Gasteiger partial charge in [0.1, 0.15) is 0 Å². The molecule has 0 aromatic heterocycles. The summed E-state index contributed by atoms with van der Waals surface area (Å²) in [4.78, 5) is 0. The van der Waals surface area contributed by atoms with Gasteiger partial charge in [-0.25, -0.2) is 0 Å². The molecule has 3 atom stereocenters. The second kappa shape index (κ2) is 8.20. The summed E-state index contributed by atoms with van der Waals surface area (Å²) < 4.78 is 12.0. The van der Waals surface area contributed by atoms with E-state index in [1.807, 2.05) is 0 Å². The number of hydrogen-bond acceptors (Lipinski definition) is 4. The highest BCUT2D eigenvalue weighted by Crippen LogP contribution is 2.28. The molecule has 1 fully saturated rings. The Morgan fingerprint density at radius 2 is 1.79 bits per heavy atom. The highest BCUT2D eigenvalue weighted by Gasteiger charge is 2.35. The van der Waals surface area contributed by atoms with Crippen LogP contribution in [0.1, 0.15) is 46.5 Å². The van der Waals surface area contributed by atoms with Crippen molar-refractivity contribution in [3.63, 3.8) is 0 Å². The molecule has 0 aliphatic carbocycles. The van der Waals surface area contributed by atoms with Crippen molar-refractivity contribution in [3.8, 4) is 0 Å². The first kappa shape index (κ1) is 16.9. The molecule has 3 unspecified atom stereocenters. The van der Waals surface area contributed by atoms with Crippen LogP contribution in [0.2, 0.25) is 0 Å². The lowest BCUT2D eigenvalue weighted by Gasteiger charge is -2.38. The minimum absolute atomic E-state index is 0.102. The molecule has 0 spiro atoms. The molecular formula is C15H30O4. The molecule has 0 bridgehead atoms. The third-order valence-corrected chi connectivity index (χ3v) is 4.28. The molecule has 2 N–H and O–H groups in total. The van der Waals surface area contributed by atoms with Gasteiger partial charge in [-0.15, -0.1) is 0 Å². The van der Waals surface area contributed by atoms with E-state index >= 15 is 0 Å². The first-order chi connectivity index (χ1) is 9.10. The van der Waals surface area contributed by atoms with Crippen LogP contribution in [0.15, 0.2) is 0 Å². The predicted molar refractivity (Wildman–Crippen MR) is 75.1 cm³/mol. The average molecular weight is 274 g/mol. The van der Waals surface area contributed by atoms with E-state index in [-0.39, 0.29) is 25.4 Å². The second-order valence-electron chi connectivity index (χ2n) is 6.01. The summed E-state index contributed by atoms with van der Waals surface area (Å²) in [5.74, 6) is 0.469. The molecule has 0 radical (unpaired) electrons. The SMILES string of the molecule is CCCC1CC(C(C)CC)OCC(CO)(CO)CO1. The number of aliphatic hydroxyl groups excluding tert-OH is 2. The molecule has 19 heavy (non-hydrogen) atoms. The summed E-state index contributed by atoms with van der Waals surface area (Å²) in [7, 11) is 0. The van der Waals surface area contributed by atoms with Gasteiger partial charge in [-0.1, -0.05) is 33.6 Å². The van der Waals surface area contributed by atoms with Crippen LogP contribution >= 0.6 is 0 Å². The molecule has 114 valence electrons. The fraction of sp³-hybridized carbons (Fsp3) is 1.00. The third-order valence-electron chi connectivity index (χ3n) is 4.28. The smallest absolute Gasteiger partial charge is 0.0632 e. The van der Waals surface area contributed by atoms with Gasteiger partial charge in [0.25, 0.3) is 0 Å². The molecule has 1 aliphatic rings. The van der Waals surface area contributed by atoms with Gasteiger partial charge >= 0.3 is 0 Å². The normalized spacial score (nSPS) is 29.5. The molecule has 0 saturated carbocycles. The molecule has 0 aromatic rings. The van der Waals surface area contributed by atoms with E-state index in [2.05, 4.69) is 20.8 Å². The van der Waals surface area contributed by atoms with Crippen molar-refractivity contribution in [3.05, 3.63) is 0 Å². The third kappa shape index (κ3) is 4.71. The van der Waals surface area contributed by atoms with Gasteiger partial charge in [0.2, 0.25) is 0 Å². The van der Waals surface area contributed by atoms with E-state index in [0.717, 1.165) is 25.7 Å². The Kier molecular flexibility index (Phi) is 7.29. The maximum absolute atomic E-state index is 9.54. The maximum Gasteiger partial charge on any atom is 0.0632 e. The zero-order valence-electron chi connectivity index (χ0n) is 12.6. The Labute approximate surface area is 117 Å². The molecule has 1 rings (SSSR count). The molecule has 0 amide bonds. The molecule has 1 saturated heterocycles. The van der Waals surface area contributed by atoms with Crippen LogP contribution in [0.25, 0.3) is 0 Å². The lowest BCUT2D eigenvalue weighted by Crippen LogP contribution is -2.45. The number of hydrogen-bond donors (Lipinski definition) is 2. The highest BCUT2D eigenvalue weighted by molar-refractivity contribution is 4.83. The lowest BCUT2D eigenvalue weighted by atomic mass is 9.89. The molecule has 4 heteroatoms. The van der Waals surface area contributed by atoms with Gasteiger partial charge in [-0.3, -0.25) is 0 Å². The monoisotopic (exact) mass is 274 g/mol. The Balaban J connectivity index is 2.76. The summed E-state index contributed by atoms with van der Waals surface area (Å²) in [6.45, 7) is 7.03. The van der Waals surface area contributed by atoms with Crippen LogP contribution in [0.4, 0.5) is 0 Å². The van der Waals surface area contributed by atoms with Crippen molar-refractivity contribution in [2.45, 2.75) is 58.7 Å². The summed E-state index contributed by atoms with van der Waals surface area (Å²) in [5, 5.41) is 19.1. The van der Waals surface area contributed by atoms with E-state index in [1.54, 1.807) is 0 Å². The molecule has 0 aromatic carbocycles. The second-order valence-corrected chi connectivity index (χ2v) is 6.01. The summed E-state index contributed by atoms with van der Waals surface area (Å²) in [6, 6.07) is 0. The largest absolute Gasteiger partial charge is 0.396 e. The first-order valence-electron chi connectivity index (χ1n) is 7.55. The van der Waals surface area contributed by atoms with Gasteiger partial charge in [-0.2, -0.15) is 0 Å². The van der Waals surface area contributed by atoms with Crippen molar-refractivity contribution in [2.75, 3.05) is 26.4 Å². The van der Waals surface area contributed by atoms with E-state index in [1.165, 1.54) is 0 Å². The topological polar surface area (TPSA) is 58.9 Å². The standard InChI is InChI=1S/C15H30O4/c1-4-6-13-7-14(12(3)5-2)19-11-15(8-16,9-17)10-18-13/h12-14,16-17H,4-11H2,1-3H3. The summed E-state index contributed by atoms with van der Waals surface area (Å²) in [6.07, 6.45) is 4.37. The van der Waals surface area contributed by atoms with Crippen LogP contribution in [-0.2, 0) is 9.47 Å². The van der Waals surface area contributed by atoms with Crippen LogP contribution in [0.5, 0.6) is 0 Å². The molecule has 1 heterocycles. The molecular weight excluding hydrogens is 244 g/mol. The summed E-state index contributed by atoms with van der Waals surface area (Å²) >= 11 is 0. The van der Waals surface area contributed by atoms with Crippen molar-refractivity contribution in [1.29, 1.82) is 0 Å². The fourth-order valence-electron chi connectivity index (χ4n) is 2.43.